The summed E-state index contributed by atoms with van der Waals surface area (Å²) >= 11 is 1.17. The third kappa shape index (κ3) is 3.92. The van der Waals surface area contributed by atoms with E-state index in [0.29, 0.717) is 38.6 Å². The van der Waals surface area contributed by atoms with Crippen LogP contribution in [0.1, 0.15) is 17.0 Å². The van der Waals surface area contributed by atoms with Gasteiger partial charge < -0.3 is 4.74 Å². The van der Waals surface area contributed by atoms with E-state index in [2.05, 4.69) is 30.7 Å². The van der Waals surface area contributed by atoms with Crippen molar-refractivity contribution in [3.63, 3.8) is 0 Å². The molecule has 6 rings (SSSR count). The maximum atomic E-state index is 14.3. The molecule has 1 unspecified atom stereocenters. The highest BCUT2D eigenvalue weighted by atomic mass is 32.2. The van der Waals surface area contributed by atoms with Crippen LogP contribution in [0.15, 0.2) is 36.8 Å². The summed E-state index contributed by atoms with van der Waals surface area (Å²) in [6, 6.07) is 3.92. The third-order valence-electron chi connectivity index (χ3n) is 6.46. The van der Waals surface area contributed by atoms with Gasteiger partial charge in [-0.15, -0.1) is 26.9 Å². The minimum Gasteiger partial charge on any atom is -0.494 e. The number of aromatic amines is 1. The molecule has 0 aliphatic carbocycles. The van der Waals surface area contributed by atoms with Gasteiger partial charge in [-0.3, -0.25) is 9.67 Å². The van der Waals surface area contributed by atoms with Gasteiger partial charge in [0.2, 0.25) is 0 Å². The van der Waals surface area contributed by atoms with Crippen LogP contribution in [-0.4, -0.2) is 76.5 Å². The van der Waals surface area contributed by atoms with E-state index in [4.69, 9.17) is 4.74 Å². The molecule has 0 fully saturated rings. The summed E-state index contributed by atoms with van der Waals surface area (Å²) in [5.74, 6) is -0.812. The molecular weight excluding hydrogens is 527 g/mol. The molecule has 0 radical (unpaired) electrons. The van der Waals surface area contributed by atoms with Gasteiger partial charge in [0.15, 0.2) is 28.3 Å². The highest BCUT2D eigenvalue weighted by Crippen LogP contribution is 2.43. The zero-order valence-corrected chi connectivity index (χ0v) is 21.3. The monoisotopic (exact) mass is 545 g/mol. The summed E-state index contributed by atoms with van der Waals surface area (Å²) in [5.41, 5.74) is 1.76. The van der Waals surface area contributed by atoms with E-state index in [9.17, 15) is 19.2 Å². The Labute approximate surface area is 223 Å². The minimum atomic E-state index is -0.825. The molecule has 2 aliphatic rings. The first-order valence-corrected chi connectivity index (χ1v) is 12.5. The molecule has 4 aromatic rings. The molecule has 0 saturated carbocycles. The van der Waals surface area contributed by atoms with Crippen LogP contribution in [0.25, 0.3) is 15.8 Å². The highest BCUT2D eigenvalue weighted by molar-refractivity contribution is 8.10. The van der Waals surface area contributed by atoms with Crippen LogP contribution in [0.3, 0.4) is 0 Å². The number of fused-ring (bicyclic) bond motifs is 2. The first kappa shape index (κ1) is 24.4. The number of carbonyl (C=O) groups excluding carboxylic acids is 2. The van der Waals surface area contributed by atoms with Crippen molar-refractivity contribution < 1.29 is 23.3 Å². The van der Waals surface area contributed by atoms with E-state index in [1.807, 2.05) is 6.07 Å². The Hall–Kier alpha value is -4.97. The lowest BCUT2D eigenvalue weighted by molar-refractivity contribution is -0.426. The number of hydrogen-bond acceptors (Lipinski definition) is 10. The molecule has 3 amide bonds. The van der Waals surface area contributed by atoms with Crippen molar-refractivity contribution >= 4 is 50.9 Å². The summed E-state index contributed by atoms with van der Waals surface area (Å²) in [5, 5.41) is 27.6. The number of allylic oxidation sites excluding steroid dienone is 1. The van der Waals surface area contributed by atoms with Gasteiger partial charge in [0.25, 0.3) is 0 Å². The molecule has 194 valence electrons. The number of nitrogens with zero attached hydrogens (tertiary/aromatic N) is 9. The van der Waals surface area contributed by atoms with Gasteiger partial charge >= 0.3 is 11.9 Å². The van der Waals surface area contributed by atoms with Crippen molar-refractivity contribution in [1.29, 1.82) is 5.26 Å². The van der Waals surface area contributed by atoms with E-state index < -0.39 is 23.0 Å². The number of tetrazole rings is 1. The van der Waals surface area contributed by atoms with Crippen molar-refractivity contribution in [1.82, 2.24) is 35.4 Å². The fraction of sp³-hybridized carbons (Fsp3) is 0.208. The van der Waals surface area contributed by atoms with Crippen LogP contribution in [0.2, 0.25) is 0 Å². The van der Waals surface area contributed by atoms with Crippen LogP contribution in [-0.2, 0) is 18.3 Å². The number of halogens is 1. The quantitative estimate of drug-likeness (QED) is 0.354. The molecule has 0 spiro atoms. The Balaban J connectivity index is 1.48. The number of ether oxygens (including phenoxy) is 1. The number of carbonyl (C=O) groups is 2. The van der Waals surface area contributed by atoms with Gasteiger partial charge in [-0.05, 0) is 18.2 Å². The van der Waals surface area contributed by atoms with Crippen molar-refractivity contribution in [2.45, 2.75) is 11.7 Å². The molecule has 1 atom stereocenters. The summed E-state index contributed by atoms with van der Waals surface area (Å²) in [6.45, 7) is 0.144. The summed E-state index contributed by atoms with van der Waals surface area (Å²) in [4.78, 5) is 33.7. The van der Waals surface area contributed by atoms with Crippen LogP contribution in [0, 0.1) is 17.1 Å². The number of thioether (sulfide) groups is 1. The van der Waals surface area contributed by atoms with Gasteiger partial charge in [-0.2, -0.15) is 24.9 Å². The standard InChI is InChI=1S/C24H18FN10O3S/c1-33-21-13(10-28-33)9-27-11-17(21)35-23(36)22-16(34(24(35)37)4-3-20-29-31-32-30-20)7-19(39-22)14-6-18(38-2)15(25)5-12(14)8-26/h5-7,9-11,22H,3-4H2,1-2H3,(H,29,30,31,32)/q+1. The molecule has 1 aromatic carbocycles. The van der Waals surface area contributed by atoms with Gasteiger partial charge in [0.1, 0.15) is 17.8 Å². The lowest BCUT2D eigenvalue weighted by atomic mass is 10.0. The Kier molecular flexibility index (Phi) is 5.88. The second-order valence-electron chi connectivity index (χ2n) is 8.63. The minimum absolute atomic E-state index is 0.0441. The number of rotatable bonds is 6. The molecular formula is C24H18FN10O3S+. The number of H-pyrrole nitrogens is 1. The van der Waals surface area contributed by atoms with E-state index in [0.717, 1.165) is 11.0 Å². The molecule has 0 bridgehead atoms. The zero-order chi connectivity index (χ0) is 27.3. The molecule has 2 aliphatic heterocycles. The predicted octanol–water partition coefficient (Wildman–Crippen LogP) is 1.82. The topological polar surface area (TPSA) is 159 Å². The van der Waals surface area contributed by atoms with Gasteiger partial charge in [0, 0.05) is 35.5 Å². The molecule has 0 saturated heterocycles. The Bertz CT molecular complexity index is 1770. The van der Waals surface area contributed by atoms with Crippen LogP contribution in [0.4, 0.5) is 14.9 Å². The first-order chi connectivity index (χ1) is 18.9. The average molecular weight is 546 g/mol. The fourth-order valence-electron chi connectivity index (χ4n) is 4.64. The van der Waals surface area contributed by atoms with Crippen molar-refractivity contribution in [3.8, 4) is 11.8 Å². The second-order valence-corrected chi connectivity index (χ2v) is 9.77. The van der Waals surface area contributed by atoms with Crippen LogP contribution >= 0.6 is 11.8 Å². The number of nitrogens with one attached hydrogen (secondary N) is 1. The number of imide groups is 1. The molecule has 3 aromatic heterocycles. The largest absolute Gasteiger partial charge is 0.506 e. The summed E-state index contributed by atoms with van der Waals surface area (Å²) < 4.78 is 22.5. The smallest absolute Gasteiger partial charge is 0.494 e. The Morgan fingerprint density at radius 3 is 2.87 bits per heavy atom. The van der Waals surface area contributed by atoms with Gasteiger partial charge in [-0.25, -0.2) is 9.18 Å². The molecule has 13 nitrogen and oxygen atoms in total. The summed E-state index contributed by atoms with van der Waals surface area (Å²) in [7, 11) is 3.04. The third-order valence-corrected chi connectivity index (χ3v) is 7.73. The number of aromatic nitrogens is 7. The van der Waals surface area contributed by atoms with E-state index in [1.165, 1.54) is 35.7 Å². The Morgan fingerprint density at radius 1 is 1.28 bits per heavy atom. The average Bonchev–Trinajstić information content (AvgIpc) is 3.69. The normalized spacial score (nSPS) is 17.0. The maximum absolute atomic E-state index is 14.3. The van der Waals surface area contributed by atoms with Crippen molar-refractivity contribution in [2.75, 3.05) is 18.6 Å². The van der Waals surface area contributed by atoms with Crippen LogP contribution < -0.4 is 9.64 Å². The fourth-order valence-corrected chi connectivity index (χ4v) is 5.90. The molecule has 39 heavy (non-hydrogen) atoms. The van der Waals surface area contributed by atoms with Gasteiger partial charge in [-0.1, -0.05) is 5.21 Å². The van der Waals surface area contributed by atoms with Crippen molar-refractivity contribution in [3.05, 3.63) is 59.6 Å². The van der Waals surface area contributed by atoms with E-state index in [1.54, 1.807) is 30.2 Å². The lowest BCUT2D eigenvalue weighted by Crippen LogP contribution is -2.56. The molecule has 5 heterocycles. The highest BCUT2D eigenvalue weighted by Gasteiger charge is 2.52. The SMILES string of the molecule is COc1cc(C2=CC3=[N+](CCc4nn[nH]n4)C(=O)N(c4cncc5cnn(C)c45)C(=O)C3S2)c(C#N)cc1F. The number of amides is 3. The van der Waals surface area contributed by atoms with Crippen molar-refractivity contribution in [2.24, 2.45) is 7.05 Å². The number of methoxy groups -OCH3 is 1. The maximum Gasteiger partial charge on any atom is 0.506 e. The number of anilines is 1. The number of hydrogen-bond donors (Lipinski definition) is 1. The number of urea groups is 1. The molecule has 1 N–H and O–H groups in total. The summed E-state index contributed by atoms with van der Waals surface area (Å²) in [6.07, 6.45) is 6.59. The second kappa shape index (κ2) is 9.40. The molecule has 15 heteroatoms. The number of benzene rings is 1. The number of pyridine rings is 1. The van der Waals surface area contributed by atoms with Gasteiger partial charge in [0.05, 0.1) is 31.1 Å². The zero-order valence-electron chi connectivity index (χ0n) is 20.5. The first-order valence-electron chi connectivity index (χ1n) is 11.6. The number of nitriles is 1. The van der Waals surface area contributed by atoms with E-state index >= 15 is 0 Å². The Morgan fingerprint density at radius 2 is 2.13 bits per heavy atom. The number of aryl methyl sites for hydroxylation is 1. The lowest BCUT2D eigenvalue weighted by Gasteiger charge is -2.24. The van der Waals surface area contributed by atoms with E-state index in [-0.39, 0.29) is 24.3 Å². The van der Waals surface area contributed by atoms with Crippen LogP contribution in [0.5, 0.6) is 5.75 Å². The predicted molar refractivity (Wildman–Crippen MR) is 136 cm³/mol.